The van der Waals surface area contributed by atoms with Crippen molar-refractivity contribution in [2.75, 3.05) is 25.0 Å². The standard InChI is InChI=1S/C14H20N2O3/c1-16(12-6-3-2-4-7-12)11-10-15-13(17)8-5-9-14(18)19/h2-4,6-7H,5,8-11H2,1H3,(H,15,17)(H,18,19). The normalized spacial score (nSPS) is 9.95. The molecule has 0 aliphatic heterocycles. The zero-order valence-electron chi connectivity index (χ0n) is 11.1. The number of benzene rings is 1. The van der Waals surface area contributed by atoms with Crippen molar-refractivity contribution < 1.29 is 14.7 Å². The first-order chi connectivity index (χ1) is 9.09. The minimum absolute atomic E-state index is 0.0390. The molecular formula is C14H20N2O3. The van der Waals surface area contributed by atoms with Crippen LogP contribution in [0.15, 0.2) is 30.3 Å². The number of amides is 1. The number of nitrogens with one attached hydrogen (secondary N) is 1. The average Bonchev–Trinajstić information content (AvgIpc) is 2.39. The summed E-state index contributed by atoms with van der Waals surface area (Å²) in [5, 5.41) is 11.2. The lowest BCUT2D eigenvalue weighted by atomic mass is 10.2. The fourth-order valence-electron chi connectivity index (χ4n) is 1.66. The lowest BCUT2D eigenvalue weighted by molar-refractivity contribution is -0.137. The number of nitrogens with zero attached hydrogens (tertiary/aromatic N) is 1. The Kier molecular flexibility index (Phi) is 6.43. The van der Waals surface area contributed by atoms with E-state index in [0.29, 0.717) is 19.5 Å². The Labute approximate surface area is 113 Å². The van der Waals surface area contributed by atoms with Gasteiger partial charge >= 0.3 is 5.97 Å². The van der Waals surface area contributed by atoms with Gasteiger partial charge in [-0.3, -0.25) is 9.59 Å². The van der Waals surface area contributed by atoms with E-state index in [-0.39, 0.29) is 18.7 Å². The molecule has 1 rings (SSSR count). The highest BCUT2D eigenvalue weighted by Gasteiger charge is 2.04. The number of para-hydroxylation sites is 1. The second-order valence-corrected chi connectivity index (χ2v) is 4.35. The van der Waals surface area contributed by atoms with Gasteiger partial charge in [0.2, 0.25) is 5.91 Å². The van der Waals surface area contributed by atoms with Crippen LogP contribution in [0, 0.1) is 0 Å². The highest BCUT2D eigenvalue weighted by molar-refractivity contribution is 5.76. The topological polar surface area (TPSA) is 69.6 Å². The molecular weight excluding hydrogens is 244 g/mol. The van der Waals surface area contributed by atoms with Crippen LogP contribution in [-0.2, 0) is 9.59 Å². The van der Waals surface area contributed by atoms with Crippen LogP contribution in [0.2, 0.25) is 0 Å². The number of carbonyl (C=O) groups excluding carboxylic acids is 1. The molecule has 0 saturated carbocycles. The number of carbonyl (C=O) groups is 2. The summed E-state index contributed by atoms with van der Waals surface area (Å²) in [5.74, 6) is -0.959. The van der Waals surface area contributed by atoms with E-state index in [0.717, 1.165) is 5.69 Å². The van der Waals surface area contributed by atoms with E-state index in [9.17, 15) is 9.59 Å². The zero-order valence-corrected chi connectivity index (χ0v) is 11.1. The summed E-state index contributed by atoms with van der Waals surface area (Å²) in [5.41, 5.74) is 1.10. The minimum Gasteiger partial charge on any atom is -0.481 e. The van der Waals surface area contributed by atoms with Gasteiger partial charge in [-0.1, -0.05) is 18.2 Å². The predicted octanol–water partition coefficient (Wildman–Crippen LogP) is 1.49. The minimum atomic E-state index is -0.864. The SMILES string of the molecule is CN(CCNC(=O)CCCC(=O)O)c1ccccc1. The number of carboxylic acid groups (broad SMARTS) is 1. The summed E-state index contributed by atoms with van der Waals surface area (Å²) in [6, 6.07) is 9.91. The Hall–Kier alpha value is -2.04. The van der Waals surface area contributed by atoms with Crippen molar-refractivity contribution in [2.45, 2.75) is 19.3 Å². The van der Waals surface area contributed by atoms with E-state index in [1.54, 1.807) is 0 Å². The summed E-state index contributed by atoms with van der Waals surface area (Å²) in [6.45, 7) is 1.27. The molecule has 19 heavy (non-hydrogen) atoms. The van der Waals surface area contributed by atoms with E-state index >= 15 is 0 Å². The van der Waals surface area contributed by atoms with Crippen molar-refractivity contribution in [2.24, 2.45) is 0 Å². The molecule has 0 aliphatic rings. The molecule has 0 heterocycles. The first-order valence-corrected chi connectivity index (χ1v) is 6.34. The molecule has 1 aromatic carbocycles. The Morgan fingerprint density at radius 1 is 1.21 bits per heavy atom. The Balaban J connectivity index is 2.16. The van der Waals surface area contributed by atoms with Crippen LogP contribution in [0.5, 0.6) is 0 Å². The highest BCUT2D eigenvalue weighted by Crippen LogP contribution is 2.09. The largest absolute Gasteiger partial charge is 0.481 e. The Morgan fingerprint density at radius 2 is 1.89 bits per heavy atom. The van der Waals surface area contributed by atoms with Gasteiger partial charge in [0.25, 0.3) is 0 Å². The zero-order chi connectivity index (χ0) is 14.1. The van der Waals surface area contributed by atoms with Crippen LogP contribution in [0.4, 0.5) is 5.69 Å². The molecule has 0 spiro atoms. The monoisotopic (exact) mass is 264 g/mol. The molecule has 5 nitrogen and oxygen atoms in total. The third-order valence-electron chi connectivity index (χ3n) is 2.76. The van der Waals surface area contributed by atoms with Crippen molar-refractivity contribution in [3.63, 3.8) is 0 Å². The van der Waals surface area contributed by atoms with Gasteiger partial charge in [0.1, 0.15) is 0 Å². The fraction of sp³-hybridized carbons (Fsp3) is 0.429. The van der Waals surface area contributed by atoms with E-state index in [4.69, 9.17) is 5.11 Å². The number of carboxylic acids is 1. The third-order valence-corrected chi connectivity index (χ3v) is 2.76. The molecule has 0 radical (unpaired) electrons. The predicted molar refractivity (Wildman–Crippen MR) is 74.2 cm³/mol. The van der Waals surface area contributed by atoms with Gasteiger partial charge in [0.05, 0.1) is 0 Å². The molecule has 5 heteroatoms. The highest BCUT2D eigenvalue weighted by atomic mass is 16.4. The Bertz CT molecular complexity index is 406. The summed E-state index contributed by atoms with van der Waals surface area (Å²) < 4.78 is 0. The first-order valence-electron chi connectivity index (χ1n) is 6.34. The average molecular weight is 264 g/mol. The lowest BCUT2D eigenvalue weighted by Crippen LogP contribution is -2.32. The molecule has 0 aliphatic carbocycles. The van der Waals surface area contributed by atoms with Gasteiger partial charge in [-0.25, -0.2) is 0 Å². The number of rotatable bonds is 8. The van der Waals surface area contributed by atoms with Crippen molar-refractivity contribution in [3.8, 4) is 0 Å². The maximum absolute atomic E-state index is 11.4. The molecule has 0 fully saturated rings. The van der Waals surface area contributed by atoms with Crippen LogP contribution in [0.1, 0.15) is 19.3 Å². The number of hydrogen-bond acceptors (Lipinski definition) is 3. The van der Waals surface area contributed by atoms with E-state index in [1.807, 2.05) is 37.4 Å². The van der Waals surface area contributed by atoms with Gasteiger partial charge in [0.15, 0.2) is 0 Å². The molecule has 0 atom stereocenters. The molecule has 1 amide bonds. The van der Waals surface area contributed by atoms with Crippen molar-refractivity contribution in [1.82, 2.24) is 5.32 Å². The maximum atomic E-state index is 11.4. The number of likely N-dealkylation sites (N-methyl/N-ethyl adjacent to an activating group) is 1. The van der Waals surface area contributed by atoms with E-state index < -0.39 is 5.97 Å². The van der Waals surface area contributed by atoms with Gasteiger partial charge in [-0.05, 0) is 18.6 Å². The Morgan fingerprint density at radius 3 is 2.53 bits per heavy atom. The smallest absolute Gasteiger partial charge is 0.303 e. The third kappa shape index (κ3) is 6.45. The summed E-state index contributed by atoms with van der Waals surface area (Å²) >= 11 is 0. The van der Waals surface area contributed by atoms with Crippen LogP contribution in [-0.4, -0.2) is 37.1 Å². The molecule has 0 bridgehead atoms. The maximum Gasteiger partial charge on any atom is 0.303 e. The van der Waals surface area contributed by atoms with Crippen LogP contribution in [0.3, 0.4) is 0 Å². The van der Waals surface area contributed by atoms with Gasteiger partial charge in [-0.15, -0.1) is 0 Å². The fourth-order valence-corrected chi connectivity index (χ4v) is 1.66. The summed E-state index contributed by atoms with van der Waals surface area (Å²) in [6.07, 6.45) is 0.689. The van der Waals surface area contributed by atoms with E-state index in [2.05, 4.69) is 10.2 Å². The molecule has 2 N–H and O–H groups in total. The molecule has 0 saturated heterocycles. The van der Waals surface area contributed by atoms with Gasteiger partial charge < -0.3 is 15.3 Å². The van der Waals surface area contributed by atoms with Gasteiger partial charge in [-0.2, -0.15) is 0 Å². The number of anilines is 1. The van der Waals surface area contributed by atoms with Crippen LogP contribution in [0.25, 0.3) is 0 Å². The molecule has 0 unspecified atom stereocenters. The quantitative estimate of drug-likeness (QED) is 0.746. The molecule has 0 aromatic heterocycles. The van der Waals surface area contributed by atoms with Crippen molar-refractivity contribution >= 4 is 17.6 Å². The first kappa shape index (κ1) is 15.0. The second-order valence-electron chi connectivity index (χ2n) is 4.35. The van der Waals surface area contributed by atoms with Crippen LogP contribution >= 0.6 is 0 Å². The van der Waals surface area contributed by atoms with Crippen LogP contribution < -0.4 is 10.2 Å². The summed E-state index contributed by atoms with van der Waals surface area (Å²) in [7, 11) is 1.96. The molecule has 1 aromatic rings. The summed E-state index contributed by atoms with van der Waals surface area (Å²) in [4.78, 5) is 23.8. The van der Waals surface area contributed by atoms with E-state index in [1.165, 1.54) is 0 Å². The second kappa shape index (κ2) is 8.13. The van der Waals surface area contributed by atoms with Crippen molar-refractivity contribution in [1.29, 1.82) is 0 Å². The molecule has 104 valence electrons. The van der Waals surface area contributed by atoms with Gasteiger partial charge in [0, 0.05) is 38.7 Å². The number of aliphatic carboxylic acids is 1. The lowest BCUT2D eigenvalue weighted by Gasteiger charge is -2.19. The number of hydrogen-bond donors (Lipinski definition) is 2. The van der Waals surface area contributed by atoms with Crippen molar-refractivity contribution in [3.05, 3.63) is 30.3 Å².